The number of hydrogen-bond acceptors (Lipinski definition) is 4. The molecule has 1 aromatic rings. The lowest BCUT2D eigenvalue weighted by molar-refractivity contribution is -0.148. The zero-order valence-corrected chi connectivity index (χ0v) is 15.5. The third-order valence-electron chi connectivity index (χ3n) is 5.45. The average Bonchev–Trinajstić information content (AvgIpc) is 3.33. The Hall–Kier alpha value is -2.90. The molecule has 0 saturated carbocycles. The third-order valence-corrected chi connectivity index (χ3v) is 5.45. The molecule has 2 aliphatic heterocycles. The summed E-state index contributed by atoms with van der Waals surface area (Å²) in [5, 5.41) is 18.4. The molecule has 0 bridgehead atoms. The van der Waals surface area contributed by atoms with Crippen LogP contribution in [0.25, 0.3) is 0 Å². The van der Waals surface area contributed by atoms with E-state index in [9.17, 15) is 29.4 Å². The molecule has 2 saturated heterocycles. The summed E-state index contributed by atoms with van der Waals surface area (Å²) < 4.78 is 0. The number of carboxylic acids is 2. The normalized spacial score (nSPS) is 21.7. The minimum atomic E-state index is -0.971. The van der Waals surface area contributed by atoms with Crippen molar-refractivity contribution >= 4 is 23.8 Å². The fourth-order valence-electron chi connectivity index (χ4n) is 3.97. The summed E-state index contributed by atoms with van der Waals surface area (Å²) in [6.45, 7) is 0.923. The van der Waals surface area contributed by atoms with Crippen LogP contribution >= 0.6 is 0 Å². The number of likely N-dealkylation sites (tertiary alicyclic amines) is 2. The van der Waals surface area contributed by atoms with Gasteiger partial charge in [-0.15, -0.1) is 0 Å². The van der Waals surface area contributed by atoms with Crippen molar-refractivity contribution in [2.75, 3.05) is 13.1 Å². The van der Waals surface area contributed by atoms with Crippen LogP contribution in [0.1, 0.15) is 36.8 Å². The Labute approximate surface area is 162 Å². The molecule has 8 nitrogen and oxygen atoms in total. The second-order valence-electron chi connectivity index (χ2n) is 7.34. The topological polar surface area (TPSA) is 115 Å². The zero-order valence-electron chi connectivity index (χ0n) is 15.5. The second kappa shape index (κ2) is 8.41. The van der Waals surface area contributed by atoms with Crippen molar-refractivity contribution in [1.29, 1.82) is 0 Å². The van der Waals surface area contributed by atoms with Gasteiger partial charge in [0.25, 0.3) is 0 Å². The summed E-state index contributed by atoms with van der Waals surface area (Å²) >= 11 is 0. The maximum Gasteiger partial charge on any atom is 0.326 e. The highest BCUT2D eigenvalue weighted by Crippen LogP contribution is 2.21. The van der Waals surface area contributed by atoms with E-state index in [-0.39, 0.29) is 24.7 Å². The molecule has 2 fully saturated rings. The lowest BCUT2D eigenvalue weighted by Gasteiger charge is -2.22. The van der Waals surface area contributed by atoms with Gasteiger partial charge in [0.1, 0.15) is 12.1 Å². The van der Waals surface area contributed by atoms with Crippen LogP contribution < -0.4 is 0 Å². The molecule has 0 spiro atoms. The maximum atomic E-state index is 12.4. The summed E-state index contributed by atoms with van der Waals surface area (Å²) in [4.78, 5) is 50.1. The quantitative estimate of drug-likeness (QED) is 0.749. The molecule has 2 heterocycles. The smallest absolute Gasteiger partial charge is 0.326 e. The van der Waals surface area contributed by atoms with Crippen molar-refractivity contribution in [3.05, 3.63) is 35.4 Å². The average molecular weight is 388 g/mol. The number of carbonyl (C=O) groups excluding carboxylic acids is 2. The number of aliphatic carboxylic acids is 2. The molecular weight excluding hydrogens is 364 g/mol. The van der Waals surface area contributed by atoms with Crippen LogP contribution in [0, 0.1) is 0 Å². The van der Waals surface area contributed by atoms with Crippen LogP contribution in [0.15, 0.2) is 24.3 Å². The summed E-state index contributed by atoms with van der Waals surface area (Å²) in [6.07, 6.45) is 2.58. The van der Waals surface area contributed by atoms with E-state index in [0.29, 0.717) is 38.8 Å². The first kappa shape index (κ1) is 19.9. The van der Waals surface area contributed by atoms with Crippen LogP contribution in [-0.4, -0.2) is 68.9 Å². The molecule has 28 heavy (non-hydrogen) atoms. The Morgan fingerprint density at radius 3 is 1.43 bits per heavy atom. The second-order valence-corrected chi connectivity index (χ2v) is 7.34. The minimum Gasteiger partial charge on any atom is -0.480 e. The number of hydrogen-bond donors (Lipinski definition) is 2. The lowest BCUT2D eigenvalue weighted by Crippen LogP contribution is -2.41. The molecule has 8 heteroatoms. The minimum absolute atomic E-state index is 0.116. The Balaban J connectivity index is 1.58. The molecule has 0 aromatic heterocycles. The molecule has 0 radical (unpaired) electrons. The SMILES string of the molecule is O=C(O)[C@@H]1CCCN1C(=O)Cc1ccc(CC(=O)N2CCC[C@H]2C(=O)O)cc1. The molecule has 3 rings (SSSR count). The number of benzene rings is 1. The third kappa shape index (κ3) is 4.32. The van der Waals surface area contributed by atoms with Crippen molar-refractivity contribution < 1.29 is 29.4 Å². The Morgan fingerprint density at radius 2 is 1.11 bits per heavy atom. The van der Waals surface area contributed by atoms with Crippen LogP contribution in [0.3, 0.4) is 0 Å². The molecule has 0 aliphatic carbocycles. The van der Waals surface area contributed by atoms with Gasteiger partial charge in [-0.1, -0.05) is 24.3 Å². The van der Waals surface area contributed by atoms with Crippen LogP contribution in [0.4, 0.5) is 0 Å². The van der Waals surface area contributed by atoms with Gasteiger partial charge in [0, 0.05) is 13.1 Å². The van der Waals surface area contributed by atoms with Gasteiger partial charge in [-0.05, 0) is 36.8 Å². The van der Waals surface area contributed by atoms with Gasteiger partial charge in [0.15, 0.2) is 0 Å². The van der Waals surface area contributed by atoms with E-state index in [0.717, 1.165) is 11.1 Å². The van der Waals surface area contributed by atoms with Crippen molar-refractivity contribution in [3.8, 4) is 0 Å². The van der Waals surface area contributed by atoms with E-state index < -0.39 is 24.0 Å². The summed E-state index contributed by atoms with van der Waals surface area (Å²) in [7, 11) is 0. The van der Waals surface area contributed by atoms with Gasteiger partial charge in [-0.3, -0.25) is 9.59 Å². The molecule has 0 unspecified atom stereocenters. The number of carbonyl (C=O) groups is 4. The monoisotopic (exact) mass is 388 g/mol. The Morgan fingerprint density at radius 1 is 0.750 bits per heavy atom. The number of carboxylic acid groups (broad SMARTS) is 2. The number of amides is 2. The fourth-order valence-corrected chi connectivity index (χ4v) is 3.97. The lowest BCUT2D eigenvalue weighted by atomic mass is 10.1. The molecule has 2 atom stereocenters. The van der Waals surface area contributed by atoms with E-state index >= 15 is 0 Å². The van der Waals surface area contributed by atoms with Crippen molar-refractivity contribution in [3.63, 3.8) is 0 Å². The summed E-state index contributed by atoms with van der Waals surface area (Å²) in [6, 6.07) is 5.53. The molecule has 150 valence electrons. The summed E-state index contributed by atoms with van der Waals surface area (Å²) in [5.41, 5.74) is 1.50. The molecule has 2 N–H and O–H groups in total. The first-order valence-electron chi connectivity index (χ1n) is 9.49. The van der Waals surface area contributed by atoms with E-state index in [1.54, 1.807) is 24.3 Å². The van der Waals surface area contributed by atoms with Gasteiger partial charge in [0.05, 0.1) is 12.8 Å². The highest BCUT2D eigenvalue weighted by atomic mass is 16.4. The number of nitrogens with zero attached hydrogens (tertiary/aromatic N) is 2. The largest absolute Gasteiger partial charge is 0.480 e. The first-order valence-corrected chi connectivity index (χ1v) is 9.49. The van der Waals surface area contributed by atoms with Crippen molar-refractivity contribution in [1.82, 2.24) is 9.80 Å². The van der Waals surface area contributed by atoms with E-state index in [4.69, 9.17) is 0 Å². The van der Waals surface area contributed by atoms with Crippen LogP contribution in [0.5, 0.6) is 0 Å². The van der Waals surface area contributed by atoms with Crippen LogP contribution in [0.2, 0.25) is 0 Å². The Bertz CT molecular complexity index is 710. The van der Waals surface area contributed by atoms with Gasteiger partial charge >= 0.3 is 11.9 Å². The summed E-state index contributed by atoms with van der Waals surface area (Å²) in [5.74, 6) is -2.37. The highest BCUT2D eigenvalue weighted by molar-refractivity contribution is 5.86. The van der Waals surface area contributed by atoms with E-state index in [1.165, 1.54) is 9.80 Å². The predicted molar refractivity (Wildman–Crippen MR) is 98.6 cm³/mol. The van der Waals surface area contributed by atoms with Gasteiger partial charge in [0.2, 0.25) is 11.8 Å². The Kier molecular flexibility index (Phi) is 5.96. The maximum absolute atomic E-state index is 12.4. The van der Waals surface area contributed by atoms with Crippen molar-refractivity contribution in [2.45, 2.75) is 50.6 Å². The van der Waals surface area contributed by atoms with Crippen LogP contribution in [-0.2, 0) is 32.0 Å². The van der Waals surface area contributed by atoms with E-state index in [2.05, 4.69) is 0 Å². The van der Waals surface area contributed by atoms with Crippen molar-refractivity contribution in [2.24, 2.45) is 0 Å². The molecular formula is C20H24N2O6. The van der Waals surface area contributed by atoms with Gasteiger partial charge < -0.3 is 20.0 Å². The molecule has 2 amide bonds. The number of rotatable bonds is 6. The van der Waals surface area contributed by atoms with Gasteiger partial charge in [-0.2, -0.15) is 0 Å². The predicted octanol–water partition coefficient (Wildman–Crippen LogP) is 0.923. The van der Waals surface area contributed by atoms with Gasteiger partial charge in [-0.25, -0.2) is 9.59 Å². The molecule has 1 aromatic carbocycles. The highest BCUT2D eigenvalue weighted by Gasteiger charge is 2.34. The molecule has 2 aliphatic rings. The first-order chi connectivity index (χ1) is 13.4. The zero-order chi connectivity index (χ0) is 20.3. The fraction of sp³-hybridized carbons (Fsp3) is 0.500. The van der Waals surface area contributed by atoms with E-state index in [1.807, 2.05) is 0 Å². The standard InChI is InChI=1S/C20H24N2O6/c23-17(21-9-1-3-15(21)19(25)26)11-13-5-7-14(8-6-13)12-18(24)22-10-2-4-16(22)20(27)28/h5-8,15-16H,1-4,9-12H2,(H,25,26)(H,27,28)/t15-,16-/m0/s1.